The van der Waals surface area contributed by atoms with Gasteiger partial charge in [-0.2, -0.15) is 0 Å². The van der Waals surface area contributed by atoms with Crippen LogP contribution in [-0.4, -0.2) is 29.3 Å². The summed E-state index contributed by atoms with van der Waals surface area (Å²) in [5, 5.41) is 4.79. The molecule has 0 radical (unpaired) electrons. The molecule has 1 aromatic rings. The molecule has 2 rings (SSSR count). The first kappa shape index (κ1) is 10.3. The highest BCUT2D eigenvalue weighted by atomic mass is 32.1. The van der Waals surface area contributed by atoms with Crippen LogP contribution in [0.2, 0.25) is 0 Å². The molecule has 1 unspecified atom stereocenters. The van der Waals surface area contributed by atoms with E-state index in [4.69, 9.17) is 0 Å². The zero-order chi connectivity index (χ0) is 10.8. The van der Waals surface area contributed by atoms with Crippen molar-refractivity contribution in [1.82, 2.24) is 10.2 Å². The van der Waals surface area contributed by atoms with Gasteiger partial charge in [0.05, 0.1) is 19.1 Å². The van der Waals surface area contributed by atoms with Gasteiger partial charge in [0, 0.05) is 4.88 Å². The molecule has 0 aromatic carbocycles. The molecule has 1 aliphatic rings. The lowest BCUT2D eigenvalue weighted by molar-refractivity contribution is -0.149. The quantitative estimate of drug-likeness (QED) is 0.748. The molecule has 2 heterocycles. The zero-order valence-electron chi connectivity index (χ0n) is 8.40. The monoisotopic (exact) mass is 224 g/mol. The Hall–Kier alpha value is -1.20. The average Bonchev–Trinajstić information content (AvgIpc) is 2.71. The minimum Gasteiger partial charge on any atom is -0.298 e. The lowest BCUT2D eigenvalue weighted by Gasteiger charge is -2.29. The minimum absolute atomic E-state index is 0.139. The van der Waals surface area contributed by atoms with Crippen molar-refractivity contribution in [3.8, 4) is 0 Å². The second-order valence-electron chi connectivity index (χ2n) is 3.50. The van der Waals surface area contributed by atoms with Crippen molar-refractivity contribution >= 4 is 23.2 Å². The van der Waals surface area contributed by atoms with E-state index in [2.05, 4.69) is 5.32 Å². The van der Waals surface area contributed by atoms with E-state index in [0.29, 0.717) is 6.54 Å². The highest BCUT2D eigenvalue weighted by Gasteiger charge is 2.31. The van der Waals surface area contributed by atoms with E-state index in [1.807, 2.05) is 17.5 Å². The van der Waals surface area contributed by atoms with Crippen molar-refractivity contribution in [1.29, 1.82) is 0 Å². The molecule has 1 fully saturated rings. The number of carbonyl (C=O) groups excluding carboxylic acids is 2. The summed E-state index contributed by atoms with van der Waals surface area (Å²) in [6.45, 7) is 2.43. The van der Waals surface area contributed by atoms with Crippen LogP contribution in [0.4, 0.5) is 0 Å². The Kier molecular flexibility index (Phi) is 2.83. The summed E-state index contributed by atoms with van der Waals surface area (Å²) in [6, 6.07) is 3.58. The van der Waals surface area contributed by atoms with Crippen LogP contribution in [0, 0.1) is 0 Å². The van der Waals surface area contributed by atoms with Crippen molar-refractivity contribution in [2.75, 3.05) is 6.54 Å². The Labute approximate surface area is 91.9 Å². The van der Waals surface area contributed by atoms with E-state index in [9.17, 15) is 9.59 Å². The Bertz CT molecular complexity index is 375. The molecule has 0 aliphatic carbocycles. The molecular weight excluding hydrogens is 212 g/mol. The summed E-state index contributed by atoms with van der Waals surface area (Å²) >= 11 is 1.56. The molecule has 1 saturated heterocycles. The van der Waals surface area contributed by atoms with Gasteiger partial charge in [-0.1, -0.05) is 6.07 Å². The third kappa shape index (κ3) is 2.08. The predicted molar refractivity (Wildman–Crippen MR) is 57.3 cm³/mol. The fraction of sp³-hybridized carbons (Fsp3) is 0.400. The Morgan fingerprint density at radius 2 is 2.40 bits per heavy atom. The van der Waals surface area contributed by atoms with E-state index in [1.165, 1.54) is 4.90 Å². The Balaban J connectivity index is 2.12. The van der Waals surface area contributed by atoms with E-state index < -0.39 is 0 Å². The predicted octanol–water partition coefficient (Wildman–Crippen LogP) is 0.595. The van der Waals surface area contributed by atoms with Gasteiger partial charge in [0.2, 0.25) is 11.8 Å². The molecule has 80 valence electrons. The van der Waals surface area contributed by atoms with Crippen LogP contribution in [-0.2, 0) is 16.1 Å². The molecule has 0 saturated carbocycles. The van der Waals surface area contributed by atoms with Crippen LogP contribution in [0.1, 0.15) is 11.8 Å². The van der Waals surface area contributed by atoms with E-state index in [-0.39, 0.29) is 24.4 Å². The molecule has 5 heteroatoms. The normalized spacial score (nSPS) is 22.2. The Morgan fingerprint density at radius 1 is 1.60 bits per heavy atom. The molecular formula is C10H12N2O2S. The number of nitrogens with zero attached hydrogens (tertiary/aromatic N) is 1. The number of rotatable bonds is 2. The van der Waals surface area contributed by atoms with Crippen LogP contribution in [0.25, 0.3) is 0 Å². The van der Waals surface area contributed by atoms with Crippen LogP contribution in [0.15, 0.2) is 17.5 Å². The molecule has 1 atom stereocenters. The maximum Gasteiger partial charge on any atom is 0.246 e. The second-order valence-corrected chi connectivity index (χ2v) is 4.53. The van der Waals surface area contributed by atoms with Crippen LogP contribution < -0.4 is 5.32 Å². The van der Waals surface area contributed by atoms with Crippen LogP contribution >= 0.6 is 11.3 Å². The number of thiophene rings is 1. The largest absolute Gasteiger partial charge is 0.298 e. The lowest BCUT2D eigenvalue weighted by Crippen LogP contribution is -2.56. The van der Waals surface area contributed by atoms with Crippen LogP contribution in [0.5, 0.6) is 0 Å². The van der Waals surface area contributed by atoms with Gasteiger partial charge in [-0.05, 0) is 18.4 Å². The van der Waals surface area contributed by atoms with E-state index in [1.54, 1.807) is 18.3 Å². The minimum atomic E-state index is -0.261. The number of nitrogens with one attached hydrogen (secondary N) is 1. The van der Waals surface area contributed by atoms with E-state index in [0.717, 1.165) is 4.88 Å². The average molecular weight is 224 g/mol. The third-order valence-electron chi connectivity index (χ3n) is 2.39. The fourth-order valence-electron chi connectivity index (χ4n) is 1.50. The van der Waals surface area contributed by atoms with Gasteiger partial charge < -0.3 is 0 Å². The summed E-state index contributed by atoms with van der Waals surface area (Å²) < 4.78 is 0. The smallest absolute Gasteiger partial charge is 0.246 e. The third-order valence-corrected chi connectivity index (χ3v) is 3.25. The number of piperazine rings is 1. The van der Waals surface area contributed by atoms with Gasteiger partial charge >= 0.3 is 0 Å². The molecule has 4 nitrogen and oxygen atoms in total. The fourth-order valence-corrected chi connectivity index (χ4v) is 2.20. The molecule has 1 aliphatic heterocycles. The standard InChI is InChI=1S/C10H12N2O2S/c1-7-10(14)12(9(13)5-11-7)6-8-3-2-4-15-8/h2-4,7,11H,5-6H2,1H3. The van der Waals surface area contributed by atoms with Crippen molar-refractivity contribution in [2.24, 2.45) is 0 Å². The lowest BCUT2D eigenvalue weighted by atomic mass is 10.2. The number of amides is 2. The van der Waals surface area contributed by atoms with Crippen molar-refractivity contribution in [3.05, 3.63) is 22.4 Å². The molecule has 1 aromatic heterocycles. The van der Waals surface area contributed by atoms with Crippen molar-refractivity contribution in [2.45, 2.75) is 19.5 Å². The summed E-state index contributed by atoms with van der Waals surface area (Å²) in [5.41, 5.74) is 0. The van der Waals surface area contributed by atoms with Crippen molar-refractivity contribution < 1.29 is 9.59 Å². The number of carbonyl (C=O) groups is 2. The summed E-state index contributed by atoms with van der Waals surface area (Å²) in [6.07, 6.45) is 0. The molecule has 0 bridgehead atoms. The van der Waals surface area contributed by atoms with Gasteiger partial charge in [-0.15, -0.1) is 11.3 Å². The maximum atomic E-state index is 11.7. The Morgan fingerprint density at radius 3 is 3.07 bits per heavy atom. The first-order chi connectivity index (χ1) is 7.18. The molecule has 0 spiro atoms. The van der Waals surface area contributed by atoms with Gasteiger partial charge in [-0.3, -0.25) is 19.8 Å². The summed E-state index contributed by atoms with van der Waals surface area (Å²) in [5.74, 6) is -0.286. The van der Waals surface area contributed by atoms with Crippen molar-refractivity contribution in [3.63, 3.8) is 0 Å². The number of hydrogen-bond acceptors (Lipinski definition) is 4. The molecule has 15 heavy (non-hydrogen) atoms. The zero-order valence-corrected chi connectivity index (χ0v) is 9.21. The van der Waals surface area contributed by atoms with Gasteiger partial charge in [0.15, 0.2) is 0 Å². The highest BCUT2D eigenvalue weighted by Crippen LogP contribution is 2.14. The summed E-state index contributed by atoms with van der Waals surface area (Å²) in [7, 11) is 0. The number of hydrogen-bond donors (Lipinski definition) is 1. The van der Waals surface area contributed by atoms with Crippen LogP contribution in [0.3, 0.4) is 0 Å². The molecule has 2 amide bonds. The van der Waals surface area contributed by atoms with Gasteiger partial charge in [-0.25, -0.2) is 0 Å². The first-order valence-corrected chi connectivity index (χ1v) is 5.66. The van der Waals surface area contributed by atoms with Gasteiger partial charge in [0.25, 0.3) is 0 Å². The summed E-state index contributed by atoms with van der Waals surface area (Å²) in [4.78, 5) is 25.6. The number of imide groups is 1. The SMILES string of the molecule is CC1NCC(=O)N(Cc2cccs2)C1=O. The second kappa shape index (κ2) is 4.12. The van der Waals surface area contributed by atoms with E-state index >= 15 is 0 Å². The van der Waals surface area contributed by atoms with Gasteiger partial charge in [0.1, 0.15) is 0 Å². The maximum absolute atomic E-state index is 11.7. The first-order valence-electron chi connectivity index (χ1n) is 4.78. The topological polar surface area (TPSA) is 49.4 Å². The molecule has 1 N–H and O–H groups in total. The highest BCUT2D eigenvalue weighted by molar-refractivity contribution is 7.09.